The predicted molar refractivity (Wildman–Crippen MR) is 55.9 cm³/mol. The van der Waals surface area contributed by atoms with Crippen LogP contribution >= 0.6 is 0 Å². The molecule has 1 rings (SSSR count). The Labute approximate surface area is 83.2 Å². The first-order chi connectivity index (χ1) is 6.74. The van der Waals surface area contributed by atoms with Crippen LogP contribution in [0.4, 0.5) is 0 Å². The molecule has 1 atom stereocenters. The number of rotatable bonds is 4. The molecule has 14 heavy (non-hydrogen) atoms. The van der Waals surface area contributed by atoms with Crippen LogP contribution in [-0.2, 0) is 0 Å². The molecule has 0 N–H and O–H groups in total. The van der Waals surface area contributed by atoms with Gasteiger partial charge in [0.15, 0.2) is 0 Å². The lowest BCUT2D eigenvalue weighted by Crippen LogP contribution is -2.10. The van der Waals surface area contributed by atoms with Crippen molar-refractivity contribution in [1.29, 1.82) is 0 Å². The minimum absolute atomic E-state index is 0.0473. The highest BCUT2D eigenvalue weighted by Gasteiger charge is 2.13. The van der Waals surface area contributed by atoms with Crippen LogP contribution in [0, 0.1) is 10.1 Å². The van der Waals surface area contributed by atoms with Crippen molar-refractivity contribution < 1.29 is 4.92 Å². The molecule has 0 amide bonds. The van der Waals surface area contributed by atoms with E-state index in [1.165, 1.54) is 0 Å². The molecule has 1 aromatic rings. The normalized spacial score (nSPS) is 12.9. The lowest BCUT2D eigenvalue weighted by Gasteiger charge is -2.07. The summed E-state index contributed by atoms with van der Waals surface area (Å²) >= 11 is 0. The van der Waals surface area contributed by atoms with Crippen molar-refractivity contribution in [1.82, 2.24) is 0 Å². The molecular weight excluding hydrogens is 178 g/mol. The average molecular weight is 191 g/mol. The molecule has 0 aliphatic rings. The summed E-state index contributed by atoms with van der Waals surface area (Å²) in [5.41, 5.74) is 0.988. The minimum atomic E-state index is -0.280. The van der Waals surface area contributed by atoms with Gasteiger partial charge in [-0.1, -0.05) is 42.5 Å². The molecule has 0 radical (unpaired) electrons. The van der Waals surface area contributed by atoms with E-state index in [9.17, 15) is 10.1 Å². The third-order valence-electron chi connectivity index (χ3n) is 2.00. The van der Waals surface area contributed by atoms with Crippen molar-refractivity contribution in [3.8, 4) is 0 Å². The molecule has 0 fully saturated rings. The number of nitro groups is 1. The van der Waals surface area contributed by atoms with E-state index < -0.39 is 0 Å². The number of benzene rings is 1. The van der Waals surface area contributed by atoms with Crippen LogP contribution in [0.5, 0.6) is 0 Å². The largest absolute Gasteiger partial charge is 0.265 e. The second-order valence-electron chi connectivity index (χ2n) is 3.06. The molecule has 0 spiro atoms. The van der Waals surface area contributed by atoms with Gasteiger partial charge in [0, 0.05) is 4.92 Å². The topological polar surface area (TPSA) is 43.1 Å². The van der Waals surface area contributed by atoms with Gasteiger partial charge in [0.05, 0.1) is 5.92 Å². The molecule has 3 heteroatoms. The molecule has 1 aromatic carbocycles. The molecule has 0 saturated carbocycles. The van der Waals surface area contributed by atoms with Gasteiger partial charge in [0.1, 0.15) is 0 Å². The Kier molecular flexibility index (Phi) is 3.85. The first-order valence-corrected chi connectivity index (χ1v) is 4.53. The van der Waals surface area contributed by atoms with E-state index in [2.05, 4.69) is 0 Å². The van der Waals surface area contributed by atoms with Gasteiger partial charge in [-0.2, -0.15) is 0 Å². The van der Waals surface area contributed by atoms with Crippen LogP contribution in [-0.4, -0.2) is 11.5 Å². The van der Waals surface area contributed by atoms with Gasteiger partial charge in [-0.3, -0.25) is 10.1 Å². The van der Waals surface area contributed by atoms with Gasteiger partial charge >= 0.3 is 0 Å². The summed E-state index contributed by atoms with van der Waals surface area (Å²) in [4.78, 5) is 10.1. The van der Waals surface area contributed by atoms with E-state index >= 15 is 0 Å². The highest BCUT2D eigenvalue weighted by atomic mass is 16.6. The van der Waals surface area contributed by atoms with E-state index in [1.807, 2.05) is 49.4 Å². The van der Waals surface area contributed by atoms with Gasteiger partial charge in [-0.05, 0) is 12.5 Å². The Morgan fingerprint density at radius 2 is 2.07 bits per heavy atom. The maximum atomic E-state index is 10.4. The zero-order valence-electron chi connectivity index (χ0n) is 8.09. The summed E-state index contributed by atoms with van der Waals surface area (Å²) in [5.74, 6) is -0.115. The van der Waals surface area contributed by atoms with Crippen LogP contribution in [0.3, 0.4) is 0 Å². The number of nitrogens with zero attached hydrogens (tertiary/aromatic N) is 1. The van der Waals surface area contributed by atoms with Crippen molar-refractivity contribution >= 4 is 0 Å². The minimum Gasteiger partial charge on any atom is -0.265 e. The van der Waals surface area contributed by atoms with E-state index in [0.717, 1.165) is 5.56 Å². The zero-order valence-corrected chi connectivity index (χ0v) is 8.09. The summed E-state index contributed by atoms with van der Waals surface area (Å²) < 4.78 is 0. The fraction of sp³-hybridized carbons (Fsp3) is 0.273. The fourth-order valence-corrected chi connectivity index (χ4v) is 1.37. The number of allylic oxidation sites excluding steroid dienone is 1. The van der Waals surface area contributed by atoms with E-state index in [-0.39, 0.29) is 17.4 Å². The highest BCUT2D eigenvalue weighted by molar-refractivity contribution is 5.23. The Bertz CT molecular complexity index is 319. The molecule has 0 aliphatic carbocycles. The average Bonchev–Trinajstić information content (AvgIpc) is 2.18. The molecule has 0 heterocycles. The Morgan fingerprint density at radius 3 is 2.57 bits per heavy atom. The molecule has 74 valence electrons. The van der Waals surface area contributed by atoms with Crippen LogP contribution < -0.4 is 0 Å². The van der Waals surface area contributed by atoms with Gasteiger partial charge in [0.25, 0.3) is 0 Å². The summed E-state index contributed by atoms with van der Waals surface area (Å²) in [5, 5.41) is 10.4. The molecule has 0 aromatic heterocycles. The van der Waals surface area contributed by atoms with Crippen LogP contribution in [0.25, 0.3) is 0 Å². The Morgan fingerprint density at radius 1 is 1.43 bits per heavy atom. The summed E-state index contributed by atoms with van der Waals surface area (Å²) in [6.07, 6.45) is 3.71. The van der Waals surface area contributed by atoms with Crippen LogP contribution in [0.15, 0.2) is 42.5 Å². The highest BCUT2D eigenvalue weighted by Crippen LogP contribution is 2.16. The third-order valence-corrected chi connectivity index (χ3v) is 2.00. The van der Waals surface area contributed by atoms with Crippen LogP contribution in [0.1, 0.15) is 18.4 Å². The maximum Gasteiger partial charge on any atom is 0.214 e. The molecule has 0 aliphatic heterocycles. The van der Waals surface area contributed by atoms with Crippen molar-refractivity contribution in [2.45, 2.75) is 12.8 Å². The van der Waals surface area contributed by atoms with E-state index in [1.54, 1.807) is 0 Å². The second kappa shape index (κ2) is 5.17. The third kappa shape index (κ3) is 3.01. The van der Waals surface area contributed by atoms with E-state index in [4.69, 9.17) is 0 Å². The van der Waals surface area contributed by atoms with E-state index in [0.29, 0.717) is 0 Å². The number of hydrogen-bond acceptors (Lipinski definition) is 2. The second-order valence-corrected chi connectivity index (χ2v) is 3.06. The molecule has 0 unspecified atom stereocenters. The van der Waals surface area contributed by atoms with Crippen molar-refractivity contribution in [2.24, 2.45) is 0 Å². The molecule has 0 bridgehead atoms. The van der Waals surface area contributed by atoms with Crippen molar-refractivity contribution in [3.05, 3.63) is 58.2 Å². The smallest absolute Gasteiger partial charge is 0.214 e. The summed E-state index contributed by atoms with van der Waals surface area (Å²) in [6, 6.07) is 9.52. The van der Waals surface area contributed by atoms with Crippen LogP contribution in [0.2, 0.25) is 0 Å². The maximum absolute atomic E-state index is 10.4. The number of hydrogen-bond donors (Lipinski definition) is 0. The standard InChI is InChI=1S/C11H13NO2/c1-2-6-11(9-12(13)14)10-7-4-3-5-8-10/h2-8,11H,9H2,1H3/b6-2+/t11-/m1/s1. The SMILES string of the molecule is C/C=C/[C@H](C[N+](=O)[O-])c1ccccc1. The Balaban J connectivity index is 2.83. The van der Waals surface area contributed by atoms with Gasteiger partial charge in [-0.25, -0.2) is 0 Å². The van der Waals surface area contributed by atoms with Gasteiger partial charge < -0.3 is 0 Å². The first kappa shape index (κ1) is 10.4. The summed E-state index contributed by atoms with van der Waals surface area (Å²) in [7, 11) is 0. The zero-order chi connectivity index (χ0) is 10.4. The Hall–Kier alpha value is -1.64. The lowest BCUT2D eigenvalue weighted by molar-refractivity contribution is -0.481. The van der Waals surface area contributed by atoms with Gasteiger partial charge in [-0.15, -0.1) is 0 Å². The quantitative estimate of drug-likeness (QED) is 0.417. The summed E-state index contributed by atoms with van der Waals surface area (Å²) in [6.45, 7) is 1.82. The molecule has 3 nitrogen and oxygen atoms in total. The molecular formula is C11H13NO2. The monoisotopic (exact) mass is 191 g/mol. The first-order valence-electron chi connectivity index (χ1n) is 4.53. The van der Waals surface area contributed by atoms with Crippen molar-refractivity contribution in [3.63, 3.8) is 0 Å². The predicted octanol–water partition coefficient (Wildman–Crippen LogP) is 2.62. The fourth-order valence-electron chi connectivity index (χ4n) is 1.37. The lowest BCUT2D eigenvalue weighted by atomic mass is 9.99. The van der Waals surface area contributed by atoms with Gasteiger partial charge in [0.2, 0.25) is 6.54 Å². The molecule has 0 saturated heterocycles. The van der Waals surface area contributed by atoms with Crippen molar-refractivity contribution in [2.75, 3.05) is 6.54 Å².